The van der Waals surface area contributed by atoms with Gasteiger partial charge in [-0.1, -0.05) is 64.1 Å². The summed E-state index contributed by atoms with van der Waals surface area (Å²) < 4.78 is 11.3. The molecule has 4 rings (SSSR count). The van der Waals surface area contributed by atoms with Crippen molar-refractivity contribution in [2.75, 3.05) is 18.6 Å². The Morgan fingerprint density at radius 3 is 2.24 bits per heavy atom. The maximum absolute atomic E-state index is 13.5. The van der Waals surface area contributed by atoms with Crippen LogP contribution in [0, 0.1) is 0 Å². The minimum Gasteiger partial charge on any atom is -0.507 e. The number of aliphatic hydroxyl groups is 1. The lowest BCUT2D eigenvalue weighted by Gasteiger charge is -2.26. The second-order valence-corrected chi connectivity index (χ2v) is 10.1. The first kappa shape index (κ1) is 26.0. The van der Waals surface area contributed by atoms with Gasteiger partial charge in [0.05, 0.1) is 30.9 Å². The first-order valence-corrected chi connectivity index (χ1v) is 12.4. The van der Waals surface area contributed by atoms with Crippen molar-refractivity contribution < 1.29 is 24.2 Å². The Morgan fingerprint density at radius 1 is 0.973 bits per heavy atom. The molecule has 0 saturated carbocycles. The van der Waals surface area contributed by atoms with Crippen LogP contribution in [0.1, 0.15) is 56.8 Å². The van der Waals surface area contributed by atoms with E-state index in [1.165, 1.54) is 12.0 Å². The molecule has 1 unspecified atom stereocenters. The van der Waals surface area contributed by atoms with Crippen molar-refractivity contribution in [1.82, 2.24) is 0 Å². The van der Waals surface area contributed by atoms with Crippen LogP contribution in [-0.4, -0.2) is 30.5 Å². The molecule has 6 heteroatoms. The number of carbonyl (C=O) groups is 2. The van der Waals surface area contributed by atoms with Gasteiger partial charge in [0.25, 0.3) is 11.7 Å². The molecular weight excluding hydrogens is 466 g/mol. The zero-order valence-corrected chi connectivity index (χ0v) is 21.9. The third-order valence-corrected chi connectivity index (χ3v) is 6.47. The van der Waals surface area contributed by atoms with Crippen molar-refractivity contribution in [2.45, 2.75) is 45.6 Å². The van der Waals surface area contributed by atoms with E-state index in [9.17, 15) is 14.7 Å². The van der Waals surface area contributed by atoms with E-state index in [0.29, 0.717) is 34.9 Å². The molecule has 0 spiro atoms. The van der Waals surface area contributed by atoms with Crippen LogP contribution in [0.4, 0.5) is 5.69 Å². The van der Waals surface area contributed by atoms with E-state index in [2.05, 4.69) is 20.8 Å². The van der Waals surface area contributed by atoms with Crippen LogP contribution < -0.4 is 14.4 Å². The van der Waals surface area contributed by atoms with Gasteiger partial charge in [-0.3, -0.25) is 14.5 Å². The van der Waals surface area contributed by atoms with Gasteiger partial charge in [-0.15, -0.1) is 0 Å². The van der Waals surface area contributed by atoms with Crippen LogP contribution in [0.3, 0.4) is 0 Å². The smallest absolute Gasteiger partial charge is 0.300 e. The fourth-order valence-electron chi connectivity index (χ4n) is 4.47. The van der Waals surface area contributed by atoms with Crippen molar-refractivity contribution >= 4 is 23.1 Å². The molecule has 1 N–H and O–H groups in total. The molecule has 6 nitrogen and oxygen atoms in total. The van der Waals surface area contributed by atoms with Crippen molar-refractivity contribution in [2.24, 2.45) is 0 Å². The number of hydrogen-bond donors (Lipinski definition) is 1. The summed E-state index contributed by atoms with van der Waals surface area (Å²) in [7, 11) is 1.51. The zero-order chi connectivity index (χ0) is 26.7. The predicted molar refractivity (Wildman–Crippen MR) is 145 cm³/mol. The molecule has 1 amide bonds. The first-order valence-electron chi connectivity index (χ1n) is 12.4. The summed E-state index contributed by atoms with van der Waals surface area (Å²) in [4.78, 5) is 28.3. The molecule has 0 aliphatic carbocycles. The number of methoxy groups -OCH3 is 1. The number of para-hydroxylation sites is 1. The predicted octanol–water partition coefficient (Wildman–Crippen LogP) is 6.41. The van der Waals surface area contributed by atoms with Crippen molar-refractivity contribution in [3.05, 3.63) is 95.1 Å². The Balaban J connectivity index is 1.93. The number of benzene rings is 3. The number of Topliss-reactive ketones (excluding diaryl/α,β-unsaturated/α-hetero) is 1. The molecule has 3 aromatic carbocycles. The number of ketones is 1. The van der Waals surface area contributed by atoms with Gasteiger partial charge < -0.3 is 14.6 Å². The van der Waals surface area contributed by atoms with Gasteiger partial charge in [-0.25, -0.2) is 0 Å². The molecule has 1 saturated heterocycles. The molecule has 0 radical (unpaired) electrons. The average molecular weight is 500 g/mol. The normalized spacial score (nSPS) is 17.2. The fraction of sp³-hybridized carbons (Fsp3) is 0.290. The number of nitrogens with zero attached hydrogens (tertiary/aromatic N) is 1. The maximum atomic E-state index is 13.5. The molecule has 1 aliphatic rings. The monoisotopic (exact) mass is 499 g/mol. The Kier molecular flexibility index (Phi) is 7.39. The number of hydrogen-bond acceptors (Lipinski definition) is 5. The molecule has 1 atom stereocenters. The number of amides is 1. The number of rotatable bonds is 7. The van der Waals surface area contributed by atoms with Gasteiger partial charge in [0.1, 0.15) is 17.3 Å². The van der Waals surface area contributed by atoms with E-state index in [0.717, 1.165) is 12.0 Å². The molecule has 0 bridgehead atoms. The summed E-state index contributed by atoms with van der Waals surface area (Å²) in [5.41, 5.74) is 2.39. The first-order chi connectivity index (χ1) is 17.7. The van der Waals surface area contributed by atoms with Crippen LogP contribution in [0.5, 0.6) is 11.5 Å². The van der Waals surface area contributed by atoms with Gasteiger partial charge in [0, 0.05) is 5.69 Å². The fourth-order valence-corrected chi connectivity index (χ4v) is 4.47. The van der Waals surface area contributed by atoms with E-state index >= 15 is 0 Å². The van der Waals surface area contributed by atoms with Gasteiger partial charge in [0.2, 0.25) is 0 Å². The largest absolute Gasteiger partial charge is 0.507 e. The number of ether oxygens (including phenoxy) is 2. The molecular formula is C31H33NO5. The summed E-state index contributed by atoms with van der Waals surface area (Å²) in [5, 5.41) is 11.7. The number of carbonyl (C=O) groups excluding carboxylic acids is 2. The molecule has 1 heterocycles. The van der Waals surface area contributed by atoms with Crippen molar-refractivity contribution in [1.29, 1.82) is 0 Å². The molecule has 0 aromatic heterocycles. The Labute approximate surface area is 218 Å². The van der Waals surface area contributed by atoms with E-state index in [-0.39, 0.29) is 16.7 Å². The van der Waals surface area contributed by atoms with Crippen molar-refractivity contribution in [3.8, 4) is 11.5 Å². The Bertz CT molecular complexity index is 1320. The quantitative estimate of drug-likeness (QED) is 0.231. The van der Waals surface area contributed by atoms with Crippen molar-refractivity contribution in [3.63, 3.8) is 0 Å². The Hall–Kier alpha value is -4.06. The molecule has 1 fully saturated rings. The highest BCUT2D eigenvalue weighted by molar-refractivity contribution is 6.51. The van der Waals surface area contributed by atoms with Gasteiger partial charge >= 0.3 is 0 Å². The third kappa shape index (κ3) is 5.10. The standard InChI is InChI=1S/C31H33NO5/c1-6-18-37-23-15-12-20(13-16-23)27-26(29(34)30(35)32(27)22-10-8-7-9-11-22)28(33)24-19-21(31(2,3)4)14-17-25(24)36-5/h7-17,19,27,33H,6,18H2,1-5H3/b28-26+. The van der Waals surface area contributed by atoms with E-state index in [1.54, 1.807) is 18.2 Å². The Morgan fingerprint density at radius 2 is 1.65 bits per heavy atom. The van der Waals surface area contributed by atoms with Crippen LogP contribution in [0.15, 0.2) is 78.4 Å². The summed E-state index contributed by atoms with van der Waals surface area (Å²) in [5.74, 6) is -0.604. The summed E-state index contributed by atoms with van der Waals surface area (Å²) in [6, 6.07) is 21.0. The van der Waals surface area contributed by atoms with E-state index in [4.69, 9.17) is 9.47 Å². The second kappa shape index (κ2) is 10.5. The van der Waals surface area contributed by atoms with Gasteiger partial charge in [-0.05, 0) is 59.4 Å². The lowest BCUT2D eigenvalue weighted by atomic mass is 9.85. The average Bonchev–Trinajstić information content (AvgIpc) is 3.17. The van der Waals surface area contributed by atoms with Crippen LogP contribution in [0.2, 0.25) is 0 Å². The zero-order valence-electron chi connectivity index (χ0n) is 21.9. The van der Waals surface area contributed by atoms with Crippen LogP contribution >= 0.6 is 0 Å². The summed E-state index contributed by atoms with van der Waals surface area (Å²) in [6.45, 7) is 8.82. The van der Waals surface area contributed by atoms with Gasteiger partial charge in [-0.2, -0.15) is 0 Å². The van der Waals surface area contributed by atoms with E-state index in [1.807, 2.05) is 61.5 Å². The molecule has 1 aliphatic heterocycles. The minimum atomic E-state index is -0.828. The highest BCUT2D eigenvalue weighted by Gasteiger charge is 2.47. The van der Waals surface area contributed by atoms with Gasteiger partial charge in [0.15, 0.2) is 0 Å². The topological polar surface area (TPSA) is 76.1 Å². The molecule has 192 valence electrons. The second-order valence-electron chi connectivity index (χ2n) is 10.1. The lowest BCUT2D eigenvalue weighted by molar-refractivity contribution is -0.132. The van der Waals surface area contributed by atoms with E-state index < -0.39 is 17.7 Å². The lowest BCUT2D eigenvalue weighted by Crippen LogP contribution is -2.29. The number of anilines is 1. The minimum absolute atomic E-state index is 0.0143. The van der Waals surface area contributed by atoms with Crippen LogP contribution in [0.25, 0.3) is 5.76 Å². The summed E-state index contributed by atoms with van der Waals surface area (Å²) in [6.07, 6.45) is 0.880. The third-order valence-electron chi connectivity index (χ3n) is 6.47. The summed E-state index contributed by atoms with van der Waals surface area (Å²) >= 11 is 0. The SMILES string of the molecule is CCCOc1ccc(C2/C(=C(\O)c3cc(C(C)(C)C)ccc3OC)C(=O)C(=O)N2c2ccccc2)cc1. The molecule has 37 heavy (non-hydrogen) atoms. The number of aliphatic hydroxyl groups excluding tert-OH is 1. The maximum Gasteiger partial charge on any atom is 0.300 e. The van der Waals surface area contributed by atoms with Crippen LogP contribution in [-0.2, 0) is 15.0 Å². The highest BCUT2D eigenvalue weighted by atomic mass is 16.5. The highest BCUT2D eigenvalue weighted by Crippen LogP contribution is 2.44. The molecule has 3 aromatic rings.